The molecule has 0 amide bonds. The minimum absolute atomic E-state index is 0. The fraction of sp³-hybridized carbons (Fsp3) is 0.381. The van der Waals surface area contributed by atoms with Crippen molar-refractivity contribution in [1.29, 1.82) is 0 Å². The zero-order valence-electron chi connectivity index (χ0n) is 16.1. The van der Waals surface area contributed by atoms with Crippen LogP contribution in [0.15, 0.2) is 47.5 Å². The van der Waals surface area contributed by atoms with Gasteiger partial charge in [0, 0.05) is 25.3 Å². The van der Waals surface area contributed by atoms with E-state index in [-0.39, 0.29) is 24.0 Å². The third kappa shape index (κ3) is 6.79. The second-order valence-corrected chi connectivity index (χ2v) is 6.83. The molecular weight excluding hydrogens is 451 g/mol. The maximum absolute atomic E-state index is 6.05. The zero-order chi connectivity index (χ0) is 18.4. The van der Waals surface area contributed by atoms with E-state index >= 15 is 0 Å². The number of benzene rings is 2. The Labute approximate surface area is 179 Å². The Kier molecular flexibility index (Phi) is 8.53. The number of nitrogens with one attached hydrogen (secondary N) is 1. The monoisotopic (exact) mass is 480 g/mol. The molecule has 0 spiro atoms. The highest BCUT2D eigenvalue weighted by Crippen LogP contribution is 2.14. The van der Waals surface area contributed by atoms with Crippen LogP contribution in [0.4, 0.5) is 5.69 Å². The normalized spacial score (nSPS) is 15.3. The van der Waals surface area contributed by atoms with Crippen molar-refractivity contribution in [2.45, 2.75) is 26.9 Å². The zero-order valence-corrected chi connectivity index (χ0v) is 18.4. The highest BCUT2D eigenvalue weighted by molar-refractivity contribution is 14.0. The summed E-state index contributed by atoms with van der Waals surface area (Å²) in [5.74, 6) is 0.437. The van der Waals surface area contributed by atoms with E-state index in [1.54, 1.807) is 0 Å². The van der Waals surface area contributed by atoms with Crippen molar-refractivity contribution < 1.29 is 4.74 Å². The maximum Gasteiger partial charge on any atom is 0.193 e. The number of guanidine groups is 1. The number of aliphatic imine (C=N–C) groups is 1. The Morgan fingerprint density at radius 1 is 1.07 bits per heavy atom. The van der Waals surface area contributed by atoms with Crippen LogP contribution < -0.4 is 11.1 Å². The molecule has 6 heteroatoms. The number of nitrogens with two attached hydrogens (primary N) is 1. The van der Waals surface area contributed by atoms with E-state index in [1.165, 1.54) is 22.3 Å². The van der Waals surface area contributed by atoms with Crippen LogP contribution in [0.2, 0.25) is 0 Å². The van der Waals surface area contributed by atoms with Crippen LogP contribution in [0.1, 0.15) is 22.3 Å². The molecule has 1 fully saturated rings. The quantitative estimate of drug-likeness (QED) is 0.390. The summed E-state index contributed by atoms with van der Waals surface area (Å²) in [5, 5.41) is 3.17. The standard InChI is InChI=1S/C21H28N4O.HI/c1-16-6-7-20(12-17(16)2)24-21(22)23-14-18-4-3-5-19(13-18)15-25-8-10-26-11-9-25;/h3-7,12-13H,8-11,14-15H2,1-2H3,(H3,22,23,24);1H. The summed E-state index contributed by atoms with van der Waals surface area (Å²) in [6.45, 7) is 9.35. The fourth-order valence-electron chi connectivity index (χ4n) is 3.03. The Hall–Kier alpha value is -1.64. The molecule has 0 aliphatic carbocycles. The van der Waals surface area contributed by atoms with Crippen LogP contribution in [-0.4, -0.2) is 37.2 Å². The summed E-state index contributed by atoms with van der Waals surface area (Å²) in [4.78, 5) is 6.90. The van der Waals surface area contributed by atoms with Crippen molar-refractivity contribution in [3.8, 4) is 0 Å². The van der Waals surface area contributed by atoms with Gasteiger partial charge < -0.3 is 15.8 Å². The lowest BCUT2D eigenvalue weighted by molar-refractivity contribution is 0.0342. The second-order valence-electron chi connectivity index (χ2n) is 6.83. The van der Waals surface area contributed by atoms with E-state index in [2.05, 4.69) is 65.5 Å². The average Bonchev–Trinajstić information content (AvgIpc) is 2.64. The Bertz CT molecular complexity index is 773. The van der Waals surface area contributed by atoms with Gasteiger partial charge in [0.1, 0.15) is 0 Å². The van der Waals surface area contributed by atoms with Gasteiger partial charge in [0.25, 0.3) is 0 Å². The number of ether oxygens (including phenoxy) is 1. The van der Waals surface area contributed by atoms with E-state index in [0.29, 0.717) is 12.5 Å². The fourth-order valence-corrected chi connectivity index (χ4v) is 3.03. The molecule has 3 rings (SSSR count). The van der Waals surface area contributed by atoms with E-state index in [4.69, 9.17) is 10.5 Å². The van der Waals surface area contributed by atoms with Crippen molar-refractivity contribution >= 4 is 35.6 Å². The van der Waals surface area contributed by atoms with Crippen LogP contribution in [0.25, 0.3) is 0 Å². The molecule has 1 aliphatic heterocycles. The first-order valence-corrected chi connectivity index (χ1v) is 9.12. The van der Waals surface area contributed by atoms with Crippen molar-refractivity contribution in [2.75, 3.05) is 31.6 Å². The first-order chi connectivity index (χ1) is 12.6. The van der Waals surface area contributed by atoms with Crippen molar-refractivity contribution in [3.05, 3.63) is 64.7 Å². The molecule has 2 aromatic carbocycles. The van der Waals surface area contributed by atoms with Crippen LogP contribution in [0.5, 0.6) is 0 Å². The molecule has 2 aromatic rings. The Balaban J connectivity index is 0.00000261. The van der Waals surface area contributed by atoms with Crippen molar-refractivity contribution in [3.63, 3.8) is 0 Å². The number of nitrogens with zero attached hydrogens (tertiary/aromatic N) is 2. The highest BCUT2D eigenvalue weighted by atomic mass is 127. The molecule has 5 nitrogen and oxygen atoms in total. The van der Waals surface area contributed by atoms with Gasteiger partial charge in [-0.25, -0.2) is 4.99 Å². The smallest absolute Gasteiger partial charge is 0.193 e. The van der Waals surface area contributed by atoms with Gasteiger partial charge in [-0.3, -0.25) is 4.90 Å². The van der Waals surface area contributed by atoms with Gasteiger partial charge >= 0.3 is 0 Å². The van der Waals surface area contributed by atoms with Crippen LogP contribution in [0, 0.1) is 13.8 Å². The van der Waals surface area contributed by atoms with E-state index in [1.807, 2.05) is 6.07 Å². The summed E-state index contributed by atoms with van der Waals surface area (Å²) in [6.07, 6.45) is 0. The van der Waals surface area contributed by atoms with E-state index in [0.717, 1.165) is 38.5 Å². The molecular formula is C21H29IN4O. The van der Waals surface area contributed by atoms with Gasteiger partial charge in [-0.15, -0.1) is 24.0 Å². The first-order valence-electron chi connectivity index (χ1n) is 9.12. The number of halogens is 1. The van der Waals surface area contributed by atoms with E-state index in [9.17, 15) is 0 Å². The largest absolute Gasteiger partial charge is 0.379 e. The molecule has 0 bridgehead atoms. The molecule has 1 heterocycles. The second kappa shape index (κ2) is 10.6. The topological polar surface area (TPSA) is 62.9 Å². The predicted octanol–water partition coefficient (Wildman–Crippen LogP) is 3.68. The molecule has 146 valence electrons. The number of morpholine rings is 1. The van der Waals surface area contributed by atoms with Gasteiger partial charge in [-0.1, -0.05) is 30.3 Å². The molecule has 0 unspecified atom stereocenters. The molecule has 0 saturated carbocycles. The summed E-state index contributed by atoms with van der Waals surface area (Å²) in [7, 11) is 0. The molecule has 0 atom stereocenters. The minimum atomic E-state index is 0. The summed E-state index contributed by atoms with van der Waals surface area (Å²) in [5.41, 5.74) is 12.0. The minimum Gasteiger partial charge on any atom is -0.379 e. The Morgan fingerprint density at radius 2 is 1.81 bits per heavy atom. The van der Waals surface area contributed by atoms with Crippen LogP contribution in [0.3, 0.4) is 0 Å². The highest BCUT2D eigenvalue weighted by Gasteiger charge is 2.10. The van der Waals surface area contributed by atoms with E-state index < -0.39 is 0 Å². The molecule has 0 radical (unpaired) electrons. The number of hydrogen-bond acceptors (Lipinski definition) is 3. The molecule has 3 N–H and O–H groups in total. The summed E-state index contributed by atoms with van der Waals surface area (Å²) in [6, 6.07) is 14.7. The van der Waals surface area contributed by atoms with Crippen molar-refractivity contribution in [1.82, 2.24) is 4.90 Å². The Morgan fingerprint density at radius 3 is 2.56 bits per heavy atom. The molecule has 1 saturated heterocycles. The first kappa shape index (κ1) is 21.7. The van der Waals surface area contributed by atoms with Gasteiger partial charge in [0.05, 0.1) is 19.8 Å². The lowest BCUT2D eigenvalue weighted by atomic mass is 10.1. The predicted molar refractivity (Wildman–Crippen MR) is 123 cm³/mol. The number of rotatable bonds is 5. The SMILES string of the molecule is Cc1ccc(NC(N)=NCc2cccc(CN3CCOCC3)c2)cc1C.I. The molecule has 1 aliphatic rings. The lowest BCUT2D eigenvalue weighted by Gasteiger charge is -2.26. The molecule has 0 aromatic heterocycles. The number of aryl methyl sites for hydroxylation is 2. The average molecular weight is 480 g/mol. The number of hydrogen-bond donors (Lipinski definition) is 2. The van der Waals surface area contributed by atoms with Crippen molar-refractivity contribution in [2.24, 2.45) is 10.7 Å². The third-order valence-corrected chi connectivity index (χ3v) is 4.71. The molecule has 27 heavy (non-hydrogen) atoms. The maximum atomic E-state index is 6.05. The lowest BCUT2D eigenvalue weighted by Crippen LogP contribution is -2.35. The van der Waals surface area contributed by atoms with Crippen LogP contribution in [-0.2, 0) is 17.8 Å². The number of anilines is 1. The third-order valence-electron chi connectivity index (χ3n) is 4.71. The van der Waals surface area contributed by atoms with Gasteiger partial charge in [0.15, 0.2) is 5.96 Å². The van der Waals surface area contributed by atoms with Gasteiger partial charge in [-0.05, 0) is 48.2 Å². The summed E-state index contributed by atoms with van der Waals surface area (Å²) >= 11 is 0. The van der Waals surface area contributed by atoms with Gasteiger partial charge in [-0.2, -0.15) is 0 Å². The van der Waals surface area contributed by atoms with Crippen LogP contribution >= 0.6 is 24.0 Å². The van der Waals surface area contributed by atoms with Gasteiger partial charge in [0.2, 0.25) is 0 Å². The summed E-state index contributed by atoms with van der Waals surface area (Å²) < 4.78 is 5.41.